The molecule has 0 saturated heterocycles. The van der Waals surface area contributed by atoms with Crippen molar-refractivity contribution < 1.29 is 18.3 Å². The molecule has 2 rings (SSSR count). The van der Waals surface area contributed by atoms with Crippen molar-refractivity contribution in [1.82, 2.24) is 4.72 Å². The summed E-state index contributed by atoms with van der Waals surface area (Å²) >= 11 is 1.25. The van der Waals surface area contributed by atoms with Crippen LogP contribution in [0.25, 0.3) is 0 Å². The first kappa shape index (κ1) is 16.5. The second-order valence-corrected chi connectivity index (χ2v) is 8.67. The molecule has 0 radical (unpaired) electrons. The largest absolute Gasteiger partial charge is 0.481 e. The first-order valence-electron chi connectivity index (χ1n) is 7.21. The first-order chi connectivity index (χ1) is 9.87. The van der Waals surface area contributed by atoms with Crippen LogP contribution in [0.4, 0.5) is 0 Å². The number of carbonyl (C=O) groups is 1. The Bertz CT molecular complexity index is 600. The van der Waals surface area contributed by atoms with Crippen LogP contribution in [0.3, 0.4) is 0 Å². The number of hydrogen-bond donors (Lipinski definition) is 2. The molecule has 1 saturated carbocycles. The van der Waals surface area contributed by atoms with Gasteiger partial charge >= 0.3 is 5.97 Å². The van der Waals surface area contributed by atoms with Crippen LogP contribution in [0.5, 0.6) is 0 Å². The molecular weight excluding hydrogens is 310 g/mol. The minimum atomic E-state index is -3.65. The summed E-state index contributed by atoms with van der Waals surface area (Å²) in [7, 11) is -3.65. The van der Waals surface area contributed by atoms with Crippen molar-refractivity contribution in [3.05, 3.63) is 17.0 Å². The van der Waals surface area contributed by atoms with E-state index in [0.717, 1.165) is 30.6 Å². The van der Waals surface area contributed by atoms with Gasteiger partial charge in [0.05, 0.1) is 6.42 Å². The van der Waals surface area contributed by atoms with E-state index in [1.165, 1.54) is 11.3 Å². The van der Waals surface area contributed by atoms with Crippen LogP contribution in [-0.2, 0) is 21.2 Å². The summed E-state index contributed by atoms with van der Waals surface area (Å²) in [4.78, 5) is 12.1. The molecule has 21 heavy (non-hydrogen) atoms. The fourth-order valence-electron chi connectivity index (χ4n) is 2.86. The Balaban J connectivity index is 2.24. The van der Waals surface area contributed by atoms with Gasteiger partial charge in [0.25, 0.3) is 10.0 Å². The van der Waals surface area contributed by atoms with Crippen LogP contribution >= 0.6 is 11.3 Å². The maximum Gasteiger partial charge on any atom is 0.305 e. The van der Waals surface area contributed by atoms with E-state index in [2.05, 4.69) is 4.72 Å². The van der Waals surface area contributed by atoms with Crippen molar-refractivity contribution in [2.45, 2.75) is 61.6 Å². The molecule has 2 N–H and O–H groups in total. The smallest absolute Gasteiger partial charge is 0.305 e. The van der Waals surface area contributed by atoms with Gasteiger partial charge in [0.2, 0.25) is 0 Å². The van der Waals surface area contributed by atoms with Crippen molar-refractivity contribution >= 4 is 27.3 Å². The third-order valence-corrected chi connectivity index (χ3v) is 7.20. The monoisotopic (exact) mass is 331 g/mol. The number of hydrogen-bond acceptors (Lipinski definition) is 4. The Morgan fingerprint density at radius 1 is 1.33 bits per heavy atom. The Labute approximate surface area is 129 Å². The second kappa shape index (κ2) is 6.46. The van der Waals surface area contributed by atoms with Gasteiger partial charge in [-0.3, -0.25) is 4.79 Å². The van der Waals surface area contributed by atoms with Crippen LogP contribution in [0, 0.1) is 0 Å². The SMILES string of the molecule is CCc1ccc(S(=O)(=O)NC2(CC(=O)O)CCCCC2)s1. The minimum absolute atomic E-state index is 0.155. The van der Waals surface area contributed by atoms with Crippen LogP contribution in [0.2, 0.25) is 0 Å². The molecular formula is C14H21NO4S2. The molecule has 1 aromatic heterocycles. The van der Waals surface area contributed by atoms with Gasteiger partial charge in [0.15, 0.2) is 0 Å². The summed E-state index contributed by atoms with van der Waals surface area (Å²) in [6.07, 6.45) is 4.57. The quantitative estimate of drug-likeness (QED) is 0.839. The highest BCUT2D eigenvalue weighted by Crippen LogP contribution is 2.33. The fourth-order valence-corrected chi connectivity index (χ4v) is 5.61. The van der Waals surface area contributed by atoms with E-state index in [1.54, 1.807) is 6.07 Å². The summed E-state index contributed by atoms with van der Waals surface area (Å²) in [5.74, 6) is -0.958. The van der Waals surface area contributed by atoms with Gasteiger partial charge in [-0.15, -0.1) is 11.3 Å². The number of aliphatic carboxylic acids is 1. The Kier molecular flexibility index (Phi) is 5.06. The highest BCUT2D eigenvalue weighted by molar-refractivity contribution is 7.91. The van der Waals surface area contributed by atoms with Gasteiger partial charge in [-0.05, 0) is 31.4 Å². The van der Waals surface area contributed by atoms with Gasteiger partial charge in [0, 0.05) is 10.4 Å². The molecule has 0 aromatic carbocycles. The molecule has 1 aliphatic carbocycles. The number of sulfonamides is 1. The molecule has 1 fully saturated rings. The number of thiophene rings is 1. The molecule has 7 heteroatoms. The molecule has 1 aromatic rings. The fraction of sp³-hybridized carbons (Fsp3) is 0.643. The average molecular weight is 331 g/mol. The van der Waals surface area contributed by atoms with Crippen LogP contribution < -0.4 is 4.72 Å². The van der Waals surface area contributed by atoms with E-state index in [0.29, 0.717) is 12.8 Å². The van der Waals surface area contributed by atoms with Gasteiger partial charge < -0.3 is 5.11 Å². The topological polar surface area (TPSA) is 83.5 Å². The first-order valence-corrected chi connectivity index (χ1v) is 9.51. The summed E-state index contributed by atoms with van der Waals surface area (Å²) in [6.45, 7) is 1.97. The molecule has 0 unspecified atom stereocenters. The van der Waals surface area contributed by atoms with Crippen molar-refractivity contribution in [3.8, 4) is 0 Å². The van der Waals surface area contributed by atoms with E-state index in [1.807, 2.05) is 13.0 Å². The Morgan fingerprint density at radius 2 is 2.00 bits per heavy atom. The minimum Gasteiger partial charge on any atom is -0.481 e. The molecule has 118 valence electrons. The van der Waals surface area contributed by atoms with Crippen molar-refractivity contribution in [2.75, 3.05) is 0 Å². The maximum atomic E-state index is 12.5. The van der Waals surface area contributed by atoms with Crippen LogP contribution in [0.15, 0.2) is 16.3 Å². The Morgan fingerprint density at radius 3 is 2.52 bits per heavy atom. The zero-order valence-electron chi connectivity index (χ0n) is 12.1. The van der Waals surface area contributed by atoms with E-state index < -0.39 is 21.5 Å². The van der Waals surface area contributed by atoms with Gasteiger partial charge in [-0.2, -0.15) is 0 Å². The molecule has 1 aliphatic rings. The lowest BCUT2D eigenvalue weighted by Crippen LogP contribution is -2.50. The molecule has 0 aliphatic heterocycles. The average Bonchev–Trinajstić information content (AvgIpc) is 2.87. The molecule has 0 spiro atoms. The van der Waals surface area contributed by atoms with Gasteiger partial charge in [0.1, 0.15) is 4.21 Å². The predicted octanol–water partition coefficient (Wildman–Crippen LogP) is 2.77. The Hall–Kier alpha value is -0.920. The highest BCUT2D eigenvalue weighted by atomic mass is 32.2. The molecule has 0 atom stereocenters. The summed E-state index contributed by atoms with van der Waals surface area (Å²) < 4.78 is 28.0. The van der Waals surface area contributed by atoms with Crippen molar-refractivity contribution in [3.63, 3.8) is 0 Å². The van der Waals surface area contributed by atoms with Gasteiger partial charge in [-0.25, -0.2) is 13.1 Å². The summed E-state index contributed by atoms with van der Waals surface area (Å²) in [5.41, 5.74) is -0.834. The normalized spacial score (nSPS) is 18.5. The molecule has 0 bridgehead atoms. The predicted molar refractivity (Wildman–Crippen MR) is 82.1 cm³/mol. The lowest BCUT2D eigenvalue weighted by molar-refractivity contribution is -0.138. The summed E-state index contributed by atoms with van der Waals surface area (Å²) in [5, 5.41) is 9.11. The standard InChI is InChI=1S/C14H21NO4S2/c1-2-11-6-7-13(20-11)21(18,19)15-14(10-12(16)17)8-4-3-5-9-14/h6-7,15H,2-5,8-10H2,1H3,(H,16,17). The third-order valence-electron chi connectivity index (χ3n) is 3.90. The maximum absolute atomic E-state index is 12.5. The van der Waals surface area contributed by atoms with E-state index >= 15 is 0 Å². The lowest BCUT2D eigenvalue weighted by atomic mass is 9.80. The number of nitrogens with one attached hydrogen (secondary N) is 1. The number of carboxylic acids is 1. The number of rotatable bonds is 6. The third kappa shape index (κ3) is 4.05. The molecule has 1 heterocycles. The van der Waals surface area contributed by atoms with Gasteiger partial charge in [-0.1, -0.05) is 26.2 Å². The van der Waals surface area contributed by atoms with Crippen LogP contribution in [0.1, 0.15) is 50.3 Å². The highest BCUT2D eigenvalue weighted by Gasteiger charge is 2.38. The van der Waals surface area contributed by atoms with E-state index in [-0.39, 0.29) is 10.6 Å². The van der Waals surface area contributed by atoms with Crippen molar-refractivity contribution in [1.29, 1.82) is 0 Å². The zero-order valence-corrected chi connectivity index (χ0v) is 13.7. The van der Waals surface area contributed by atoms with Crippen molar-refractivity contribution in [2.24, 2.45) is 0 Å². The summed E-state index contributed by atoms with van der Waals surface area (Å²) in [6, 6.07) is 3.41. The zero-order chi connectivity index (χ0) is 15.5. The van der Waals surface area contributed by atoms with E-state index in [4.69, 9.17) is 5.11 Å². The second-order valence-electron chi connectivity index (χ2n) is 5.59. The van der Waals surface area contributed by atoms with E-state index in [9.17, 15) is 13.2 Å². The lowest BCUT2D eigenvalue weighted by Gasteiger charge is -2.36. The molecule has 5 nitrogen and oxygen atoms in total. The molecule has 0 amide bonds. The number of carboxylic acid groups (broad SMARTS) is 1. The number of aryl methyl sites for hydroxylation is 1. The van der Waals surface area contributed by atoms with Crippen LogP contribution in [-0.4, -0.2) is 25.0 Å².